The van der Waals surface area contributed by atoms with Crippen molar-refractivity contribution in [3.63, 3.8) is 0 Å². The third-order valence-corrected chi connectivity index (χ3v) is 4.41. The van der Waals surface area contributed by atoms with Crippen molar-refractivity contribution in [2.24, 2.45) is 0 Å². The summed E-state index contributed by atoms with van der Waals surface area (Å²) in [6, 6.07) is 3.66. The van der Waals surface area contributed by atoms with E-state index in [4.69, 9.17) is 10.2 Å². The summed E-state index contributed by atoms with van der Waals surface area (Å²) in [5.74, 6) is 0.928. The SMILES string of the molecule is CCN(Cc1ccco1)C(=O)c1sc(N(C)CC)nc1N. The third kappa shape index (κ3) is 3.36. The first-order chi connectivity index (χ1) is 10.1. The predicted octanol–water partition coefficient (Wildman–Crippen LogP) is 2.44. The summed E-state index contributed by atoms with van der Waals surface area (Å²) in [6.45, 7) is 5.77. The zero-order chi connectivity index (χ0) is 15.4. The summed E-state index contributed by atoms with van der Waals surface area (Å²) in [5.41, 5.74) is 5.90. The van der Waals surface area contributed by atoms with Crippen LogP contribution < -0.4 is 10.6 Å². The van der Waals surface area contributed by atoms with Gasteiger partial charge in [0.15, 0.2) is 5.13 Å². The summed E-state index contributed by atoms with van der Waals surface area (Å²) in [6.07, 6.45) is 1.60. The fourth-order valence-electron chi connectivity index (χ4n) is 1.83. The molecule has 6 nitrogen and oxygen atoms in total. The molecule has 0 aliphatic heterocycles. The molecule has 0 fully saturated rings. The number of nitrogens with two attached hydrogens (primary N) is 1. The second-order valence-electron chi connectivity index (χ2n) is 4.62. The van der Waals surface area contributed by atoms with Crippen LogP contribution in [0.15, 0.2) is 22.8 Å². The Bertz CT molecular complexity index is 594. The lowest BCUT2D eigenvalue weighted by Crippen LogP contribution is -2.30. The number of aromatic nitrogens is 1. The molecule has 1 amide bonds. The van der Waals surface area contributed by atoms with Crippen molar-refractivity contribution >= 4 is 28.2 Å². The summed E-state index contributed by atoms with van der Waals surface area (Å²) in [4.78, 5) is 21.0. The molecule has 7 heteroatoms. The third-order valence-electron chi connectivity index (χ3n) is 3.23. The van der Waals surface area contributed by atoms with Crippen molar-refractivity contribution in [1.82, 2.24) is 9.88 Å². The number of hydrogen-bond acceptors (Lipinski definition) is 6. The monoisotopic (exact) mass is 308 g/mol. The minimum absolute atomic E-state index is 0.111. The van der Waals surface area contributed by atoms with E-state index in [9.17, 15) is 4.79 Å². The van der Waals surface area contributed by atoms with Gasteiger partial charge in [-0.05, 0) is 26.0 Å². The van der Waals surface area contributed by atoms with Gasteiger partial charge in [-0.25, -0.2) is 4.98 Å². The number of furan rings is 1. The number of carbonyl (C=O) groups excluding carboxylic acids is 1. The highest BCUT2D eigenvalue weighted by Gasteiger charge is 2.22. The Kier molecular flexibility index (Phi) is 4.85. The van der Waals surface area contributed by atoms with Crippen LogP contribution in [0.25, 0.3) is 0 Å². The quantitative estimate of drug-likeness (QED) is 0.887. The number of carbonyl (C=O) groups is 1. The van der Waals surface area contributed by atoms with Crippen LogP contribution in [-0.2, 0) is 6.54 Å². The van der Waals surface area contributed by atoms with Gasteiger partial charge in [-0.3, -0.25) is 4.79 Å². The van der Waals surface area contributed by atoms with Crippen LogP contribution in [0.1, 0.15) is 29.3 Å². The molecule has 2 aromatic rings. The molecule has 2 N–H and O–H groups in total. The van der Waals surface area contributed by atoms with E-state index in [2.05, 4.69) is 4.98 Å². The van der Waals surface area contributed by atoms with Crippen LogP contribution in [0.3, 0.4) is 0 Å². The Labute approximate surface area is 128 Å². The average Bonchev–Trinajstić information content (AvgIpc) is 3.12. The van der Waals surface area contributed by atoms with E-state index in [0.29, 0.717) is 18.0 Å². The zero-order valence-corrected chi connectivity index (χ0v) is 13.3. The van der Waals surface area contributed by atoms with Crippen LogP contribution >= 0.6 is 11.3 Å². The molecule has 0 bridgehead atoms. The first kappa shape index (κ1) is 15.4. The fourth-order valence-corrected chi connectivity index (χ4v) is 2.81. The van der Waals surface area contributed by atoms with E-state index in [1.54, 1.807) is 11.2 Å². The molecule has 0 aliphatic rings. The number of nitrogens with zero attached hydrogens (tertiary/aromatic N) is 3. The molecule has 0 atom stereocenters. The van der Waals surface area contributed by atoms with Crippen molar-refractivity contribution in [3.05, 3.63) is 29.0 Å². The molecule has 114 valence electrons. The van der Waals surface area contributed by atoms with Gasteiger partial charge in [0.1, 0.15) is 16.5 Å². The van der Waals surface area contributed by atoms with Crippen molar-refractivity contribution in [1.29, 1.82) is 0 Å². The lowest BCUT2D eigenvalue weighted by Gasteiger charge is -2.18. The molecule has 0 saturated carbocycles. The van der Waals surface area contributed by atoms with Crippen LogP contribution in [-0.4, -0.2) is 35.9 Å². The molecule has 21 heavy (non-hydrogen) atoms. The molecular weight excluding hydrogens is 288 g/mol. The Balaban J connectivity index is 2.19. The molecule has 2 aromatic heterocycles. The van der Waals surface area contributed by atoms with Gasteiger partial charge >= 0.3 is 0 Å². The molecule has 2 rings (SSSR count). The minimum atomic E-state index is -0.111. The molecule has 0 radical (unpaired) electrons. The normalized spacial score (nSPS) is 10.6. The maximum atomic E-state index is 12.6. The molecule has 2 heterocycles. The zero-order valence-electron chi connectivity index (χ0n) is 12.5. The summed E-state index contributed by atoms with van der Waals surface area (Å²) >= 11 is 1.32. The van der Waals surface area contributed by atoms with Gasteiger partial charge in [0.05, 0.1) is 12.8 Å². The van der Waals surface area contributed by atoms with E-state index in [1.165, 1.54) is 11.3 Å². The van der Waals surface area contributed by atoms with Crippen LogP contribution in [0.4, 0.5) is 10.9 Å². The first-order valence-electron chi connectivity index (χ1n) is 6.85. The minimum Gasteiger partial charge on any atom is -0.467 e. The highest BCUT2D eigenvalue weighted by molar-refractivity contribution is 7.18. The lowest BCUT2D eigenvalue weighted by atomic mass is 10.3. The number of hydrogen-bond donors (Lipinski definition) is 1. The molecule has 0 unspecified atom stereocenters. The van der Waals surface area contributed by atoms with Gasteiger partial charge in [0, 0.05) is 20.1 Å². The second-order valence-corrected chi connectivity index (χ2v) is 5.60. The highest BCUT2D eigenvalue weighted by atomic mass is 32.1. The van der Waals surface area contributed by atoms with Crippen molar-refractivity contribution in [2.45, 2.75) is 20.4 Å². The van der Waals surface area contributed by atoms with Gasteiger partial charge in [-0.15, -0.1) is 0 Å². The number of amides is 1. The van der Waals surface area contributed by atoms with Crippen LogP contribution in [0, 0.1) is 0 Å². The second kappa shape index (κ2) is 6.62. The summed E-state index contributed by atoms with van der Waals surface area (Å²) < 4.78 is 5.30. The number of rotatable bonds is 6. The van der Waals surface area contributed by atoms with Gasteiger partial charge in [0.2, 0.25) is 0 Å². The Morgan fingerprint density at radius 1 is 1.43 bits per heavy atom. The summed E-state index contributed by atoms with van der Waals surface area (Å²) in [5, 5.41) is 0.757. The smallest absolute Gasteiger partial charge is 0.268 e. The Morgan fingerprint density at radius 3 is 2.76 bits per heavy atom. The highest BCUT2D eigenvalue weighted by Crippen LogP contribution is 2.28. The molecule has 0 saturated heterocycles. The standard InChI is InChI=1S/C14H20N4O2S/c1-4-17(3)14-16-12(15)11(21-14)13(19)18(5-2)9-10-7-6-8-20-10/h6-8H,4-5,9,15H2,1-3H3. The van der Waals surface area contributed by atoms with Gasteiger partial charge in [-0.1, -0.05) is 11.3 Å². The van der Waals surface area contributed by atoms with E-state index in [1.807, 2.05) is 37.9 Å². The largest absolute Gasteiger partial charge is 0.467 e. The van der Waals surface area contributed by atoms with E-state index in [-0.39, 0.29) is 11.7 Å². The Hall–Kier alpha value is -2.02. The lowest BCUT2D eigenvalue weighted by molar-refractivity contribution is 0.0747. The number of nitrogen functional groups attached to an aromatic ring is 1. The molecule has 0 aliphatic carbocycles. The predicted molar refractivity (Wildman–Crippen MR) is 84.6 cm³/mol. The van der Waals surface area contributed by atoms with E-state index < -0.39 is 0 Å². The van der Waals surface area contributed by atoms with Gasteiger partial charge in [0.25, 0.3) is 5.91 Å². The maximum absolute atomic E-state index is 12.6. The molecule has 0 spiro atoms. The van der Waals surface area contributed by atoms with Crippen LogP contribution in [0.2, 0.25) is 0 Å². The van der Waals surface area contributed by atoms with Crippen molar-refractivity contribution in [2.75, 3.05) is 30.8 Å². The van der Waals surface area contributed by atoms with E-state index in [0.717, 1.165) is 17.4 Å². The molecule has 0 aromatic carbocycles. The van der Waals surface area contributed by atoms with Crippen molar-refractivity contribution < 1.29 is 9.21 Å². The van der Waals surface area contributed by atoms with E-state index >= 15 is 0 Å². The Morgan fingerprint density at radius 2 is 2.19 bits per heavy atom. The first-order valence-corrected chi connectivity index (χ1v) is 7.67. The van der Waals surface area contributed by atoms with Crippen LogP contribution in [0.5, 0.6) is 0 Å². The maximum Gasteiger partial charge on any atom is 0.268 e. The fraction of sp³-hybridized carbons (Fsp3) is 0.429. The van der Waals surface area contributed by atoms with Crippen molar-refractivity contribution in [3.8, 4) is 0 Å². The summed E-state index contributed by atoms with van der Waals surface area (Å²) in [7, 11) is 1.92. The number of anilines is 2. The average molecular weight is 308 g/mol. The molecular formula is C14H20N4O2S. The topological polar surface area (TPSA) is 75.6 Å². The van der Waals surface area contributed by atoms with Gasteiger partial charge < -0.3 is 20.0 Å². The van der Waals surface area contributed by atoms with Gasteiger partial charge in [-0.2, -0.15) is 0 Å². The number of thiazole rings is 1.